The van der Waals surface area contributed by atoms with Crippen LogP contribution in [0.25, 0.3) is 11.3 Å². The zero-order valence-electron chi connectivity index (χ0n) is 6.58. The van der Waals surface area contributed by atoms with Crippen LogP contribution in [0, 0.1) is 0 Å². The minimum atomic E-state index is -0.0603. The van der Waals surface area contributed by atoms with Gasteiger partial charge in [0.25, 0.3) is 0 Å². The van der Waals surface area contributed by atoms with Gasteiger partial charge in [-0.3, -0.25) is 4.79 Å². The zero-order valence-corrected chi connectivity index (χ0v) is 8.15. The van der Waals surface area contributed by atoms with E-state index in [9.17, 15) is 4.79 Å². The third-order valence-corrected chi connectivity index (χ3v) is 2.68. The van der Waals surface area contributed by atoms with Gasteiger partial charge in [-0.25, -0.2) is 0 Å². The number of hydrogen-bond donors (Lipinski definition) is 1. The Morgan fingerprint density at radius 1 is 1.31 bits per heavy atom. The molecule has 2 rings (SSSR count). The molecule has 0 aliphatic rings. The van der Waals surface area contributed by atoms with Gasteiger partial charge in [-0.2, -0.15) is 0 Å². The van der Waals surface area contributed by atoms with Crippen molar-refractivity contribution in [2.75, 3.05) is 0 Å². The van der Waals surface area contributed by atoms with E-state index in [-0.39, 0.29) is 4.87 Å². The SMILES string of the molecule is O=c1[nH]c(-c2ccccc2Cl)cs1. The molecule has 0 aliphatic heterocycles. The fraction of sp³-hybridized carbons (Fsp3) is 0. The minimum Gasteiger partial charge on any atom is -0.312 e. The molecular weight excluding hydrogens is 206 g/mol. The van der Waals surface area contributed by atoms with E-state index < -0.39 is 0 Å². The molecule has 1 aromatic carbocycles. The van der Waals surface area contributed by atoms with Gasteiger partial charge < -0.3 is 4.98 Å². The molecular formula is C9H6ClNOS. The second-order valence-electron chi connectivity index (χ2n) is 2.54. The molecule has 1 heterocycles. The lowest BCUT2D eigenvalue weighted by atomic mass is 10.2. The van der Waals surface area contributed by atoms with E-state index in [0.717, 1.165) is 22.6 Å². The van der Waals surface area contributed by atoms with Crippen molar-refractivity contribution in [2.24, 2.45) is 0 Å². The summed E-state index contributed by atoms with van der Waals surface area (Å²) in [5, 5.41) is 2.42. The van der Waals surface area contributed by atoms with Crippen LogP contribution in [0.4, 0.5) is 0 Å². The Balaban J connectivity index is 2.58. The van der Waals surface area contributed by atoms with Gasteiger partial charge in [0.05, 0.1) is 5.69 Å². The van der Waals surface area contributed by atoms with Gasteiger partial charge in [0.15, 0.2) is 0 Å². The molecule has 2 aromatic rings. The fourth-order valence-electron chi connectivity index (χ4n) is 1.09. The van der Waals surface area contributed by atoms with Gasteiger partial charge in [0, 0.05) is 16.0 Å². The van der Waals surface area contributed by atoms with Crippen LogP contribution >= 0.6 is 22.9 Å². The van der Waals surface area contributed by atoms with Crippen molar-refractivity contribution < 1.29 is 0 Å². The van der Waals surface area contributed by atoms with Crippen molar-refractivity contribution in [1.82, 2.24) is 4.98 Å². The molecule has 0 radical (unpaired) electrons. The van der Waals surface area contributed by atoms with E-state index in [2.05, 4.69) is 4.98 Å². The summed E-state index contributed by atoms with van der Waals surface area (Å²) in [6.45, 7) is 0. The van der Waals surface area contributed by atoms with Crippen LogP contribution in [0.3, 0.4) is 0 Å². The lowest BCUT2D eigenvalue weighted by Gasteiger charge is -1.98. The Morgan fingerprint density at radius 2 is 2.08 bits per heavy atom. The van der Waals surface area contributed by atoms with Crippen molar-refractivity contribution >= 4 is 22.9 Å². The van der Waals surface area contributed by atoms with Crippen molar-refractivity contribution in [3.8, 4) is 11.3 Å². The number of benzene rings is 1. The highest BCUT2D eigenvalue weighted by molar-refractivity contribution is 7.07. The minimum absolute atomic E-state index is 0.0603. The zero-order chi connectivity index (χ0) is 9.26. The first-order chi connectivity index (χ1) is 6.27. The maximum absolute atomic E-state index is 10.9. The second kappa shape index (κ2) is 3.36. The van der Waals surface area contributed by atoms with Crippen LogP contribution in [0.1, 0.15) is 0 Å². The second-order valence-corrected chi connectivity index (χ2v) is 3.79. The standard InChI is InChI=1S/C9H6ClNOS/c10-7-4-2-1-3-6(7)8-5-13-9(12)11-8/h1-5H,(H,11,12). The topological polar surface area (TPSA) is 32.9 Å². The highest BCUT2D eigenvalue weighted by Crippen LogP contribution is 2.25. The smallest absolute Gasteiger partial charge is 0.304 e. The summed E-state index contributed by atoms with van der Waals surface area (Å²) >= 11 is 7.09. The monoisotopic (exact) mass is 211 g/mol. The van der Waals surface area contributed by atoms with Gasteiger partial charge in [-0.1, -0.05) is 41.1 Å². The maximum atomic E-state index is 10.9. The number of rotatable bonds is 1. The average Bonchev–Trinajstić information content (AvgIpc) is 2.53. The van der Waals surface area contributed by atoms with E-state index in [1.807, 2.05) is 18.2 Å². The number of thiazole rings is 1. The van der Waals surface area contributed by atoms with Gasteiger partial charge in [0.1, 0.15) is 0 Å². The summed E-state index contributed by atoms with van der Waals surface area (Å²) in [7, 11) is 0. The van der Waals surface area contributed by atoms with E-state index in [0.29, 0.717) is 5.02 Å². The van der Waals surface area contributed by atoms with Crippen LogP contribution in [0.15, 0.2) is 34.4 Å². The normalized spacial score (nSPS) is 10.2. The van der Waals surface area contributed by atoms with E-state index in [1.54, 1.807) is 11.4 Å². The summed E-state index contributed by atoms with van der Waals surface area (Å²) < 4.78 is 0. The lowest BCUT2D eigenvalue weighted by molar-refractivity contribution is 1.34. The number of H-pyrrole nitrogens is 1. The van der Waals surface area contributed by atoms with Crippen molar-refractivity contribution in [2.45, 2.75) is 0 Å². The molecule has 1 aromatic heterocycles. The fourth-order valence-corrected chi connectivity index (χ4v) is 1.91. The molecule has 0 amide bonds. The molecule has 0 saturated heterocycles. The maximum Gasteiger partial charge on any atom is 0.304 e. The Hall–Kier alpha value is -1.06. The molecule has 0 spiro atoms. The number of nitrogens with one attached hydrogen (secondary N) is 1. The summed E-state index contributed by atoms with van der Waals surface area (Å²) in [5.74, 6) is 0. The van der Waals surface area contributed by atoms with E-state index in [1.165, 1.54) is 0 Å². The van der Waals surface area contributed by atoms with Crippen LogP contribution in [-0.4, -0.2) is 4.98 Å². The molecule has 4 heteroatoms. The number of hydrogen-bond acceptors (Lipinski definition) is 2. The predicted molar refractivity (Wildman–Crippen MR) is 55.4 cm³/mol. The summed E-state index contributed by atoms with van der Waals surface area (Å²) in [4.78, 5) is 13.5. The first kappa shape index (κ1) is 8.53. The predicted octanol–water partition coefficient (Wildman–Crippen LogP) is 2.76. The van der Waals surface area contributed by atoms with Gasteiger partial charge in [-0.15, -0.1) is 0 Å². The van der Waals surface area contributed by atoms with Crippen molar-refractivity contribution in [3.63, 3.8) is 0 Å². The van der Waals surface area contributed by atoms with Gasteiger partial charge >= 0.3 is 4.87 Å². The van der Waals surface area contributed by atoms with Gasteiger partial charge in [-0.05, 0) is 6.07 Å². The van der Waals surface area contributed by atoms with Crippen LogP contribution < -0.4 is 4.87 Å². The summed E-state index contributed by atoms with van der Waals surface area (Å²) in [6, 6.07) is 7.42. The first-order valence-electron chi connectivity index (χ1n) is 3.70. The number of aromatic amines is 1. The highest BCUT2D eigenvalue weighted by atomic mass is 35.5. The molecule has 2 nitrogen and oxygen atoms in total. The number of aromatic nitrogens is 1. The Kier molecular flexibility index (Phi) is 2.20. The molecule has 0 fully saturated rings. The molecule has 0 bridgehead atoms. The van der Waals surface area contributed by atoms with Gasteiger partial charge in [0.2, 0.25) is 0 Å². The van der Waals surface area contributed by atoms with Crippen molar-refractivity contribution in [1.29, 1.82) is 0 Å². The van der Waals surface area contributed by atoms with E-state index in [4.69, 9.17) is 11.6 Å². The molecule has 0 saturated carbocycles. The molecule has 13 heavy (non-hydrogen) atoms. The third-order valence-electron chi connectivity index (χ3n) is 1.68. The Labute approximate surface area is 83.8 Å². The molecule has 0 atom stereocenters. The van der Waals surface area contributed by atoms with Crippen LogP contribution in [-0.2, 0) is 0 Å². The molecule has 0 unspecified atom stereocenters. The average molecular weight is 212 g/mol. The number of halogens is 1. The molecule has 0 aliphatic carbocycles. The largest absolute Gasteiger partial charge is 0.312 e. The molecule has 66 valence electrons. The van der Waals surface area contributed by atoms with Crippen LogP contribution in [0.5, 0.6) is 0 Å². The van der Waals surface area contributed by atoms with Crippen molar-refractivity contribution in [3.05, 3.63) is 44.3 Å². The quantitative estimate of drug-likeness (QED) is 0.773. The third kappa shape index (κ3) is 1.66. The van der Waals surface area contributed by atoms with Crippen LogP contribution in [0.2, 0.25) is 5.02 Å². The Bertz CT molecular complexity index is 474. The summed E-state index contributed by atoms with van der Waals surface area (Å²) in [5.41, 5.74) is 1.64. The summed E-state index contributed by atoms with van der Waals surface area (Å²) in [6.07, 6.45) is 0. The molecule has 1 N–H and O–H groups in total. The Morgan fingerprint density at radius 3 is 2.69 bits per heavy atom. The first-order valence-corrected chi connectivity index (χ1v) is 4.96. The highest BCUT2D eigenvalue weighted by Gasteiger charge is 2.03. The lowest BCUT2D eigenvalue weighted by Crippen LogP contribution is -1.92. The van der Waals surface area contributed by atoms with E-state index >= 15 is 0 Å².